The largest absolute Gasteiger partial charge is 0.464 e. The third-order valence-corrected chi connectivity index (χ3v) is 4.60. The smallest absolute Gasteiger partial charge is 0.355 e. The Morgan fingerprint density at radius 3 is 1.70 bits per heavy atom. The SMILES string of the molecule is COC(=O)C(NC(=O)c1ccccc1)=C1c2ccccc2-c2ccccc21. The summed E-state index contributed by atoms with van der Waals surface area (Å²) >= 11 is 0. The molecule has 3 aromatic carbocycles. The quantitative estimate of drug-likeness (QED) is 0.446. The van der Waals surface area contributed by atoms with Crippen molar-refractivity contribution in [3.05, 3.63) is 101 Å². The van der Waals surface area contributed by atoms with E-state index in [9.17, 15) is 9.59 Å². The van der Waals surface area contributed by atoms with Crippen molar-refractivity contribution in [1.29, 1.82) is 0 Å². The molecule has 0 saturated carbocycles. The number of carbonyl (C=O) groups excluding carboxylic acids is 2. The molecule has 0 bridgehead atoms. The minimum absolute atomic E-state index is 0.142. The summed E-state index contributed by atoms with van der Waals surface area (Å²) in [6.07, 6.45) is 0. The molecule has 0 unspecified atom stereocenters. The highest BCUT2D eigenvalue weighted by atomic mass is 16.5. The van der Waals surface area contributed by atoms with E-state index in [1.54, 1.807) is 24.3 Å². The van der Waals surface area contributed by atoms with E-state index in [1.807, 2.05) is 54.6 Å². The molecule has 1 aliphatic rings. The van der Waals surface area contributed by atoms with Crippen molar-refractivity contribution in [2.45, 2.75) is 0 Å². The molecule has 0 heterocycles. The molecule has 0 saturated heterocycles. The van der Waals surface area contributed by atoms with Crippen LogP contribution in [0.3, 0.4) is 0 Å². The lowest BCUT2D eigenvalue weighted by molar-refractivity contribution is -0.136. The monoisotopic (exact) mass is 355 g/mol. The highest BCUT2D eigenvalue weighted by molar-refractivity contribution is 6.12. The van der Waals surface area contributed by atoms with Crippen molar-refractivity contribution in [2.75, 3.05) is 7.11 Å². The molecular weight excluding hydrogens is 338 g/mol. The predicted octanol–water partition coefficient (Wildman–Crippen LogP) is 4.03. The Labute approximate surface area is 157 Å². The average molecular weight is 355 g/mol. The van der Waals surface area contributed by atoms with E-state index in [0.29, 0.717) is 11.1 Å². The van der Waals surface area contributed by atoms with Crippen LogP contribution >= 0.6 is 0 Å². The molecule has 4 nitrogen and oxygen atoms in total. The van der Waals surface area contributed by atoms with Crippen molar-refractivity contribution >= 4 is 17.4 Å². The van der Waals surface area contributed by atoms with Crippen molar-refractivity contribution < 1.29 is 14.3 Å². The summed E-state index contributed by atoms with van der Waals surface area (Å²) in [5.74, 6) is -0.939. The Morgan fingerprint density at radius 2 is 1.19 bits per heavy atom. The standard InChI is InChI=1S/C23H17NO3/c1-27-23(26)21(24-22(25)15-9-3-2-4-10-15)20-18-13-7-5-11-16(18)17-12-6-8-14-19(17)20/h2-14H,1H3,(H,24,25). The molecule has 4 rings (SSSR count). The first-order valence-corrected chi connectivity index (χ1v) is 8.59. The number of ether oxygens (including phenoxy) is 1. The third-order valence-electron chi connectivity index (χ3n) is 4.60. The summed E-state index contributed by atoms with van der Waals surface area (Å²) in [6.45, 7) is 0. The first-order valence-electron chi connectivity index (χ1n) is 8.59. The zero-order valence-corrected chi connectivity index (χ0v) is 14.7. The number of nitrogens with one attached hydrogen (secondary N) is 1. The molecule has 0 aromatic heterocycles. The van der Waals surface area contributed by atoms with Crippen LogP contribution in [-0.4, -0.2) is 19.0 Å². The van der Waals surface area contributed by atoms with Crippen LogP contribution in [0, 0.1) is 0 Å². The van der Waals surface area contributed by atoms with Gasteiger partial charge in [-0.15, -0.1) is 0 Å². The number of rotatable bonds is 3. The first-order chi connectivity index (χ1) is 13.2. The maximum atomic E-state index is 12.7. The number of hydrogen-bond donors (Lipinski definition) is 1. The number of benzene rings is 3. The molecule has 0 atom stereocenters. The Morgan fingerprint density at radius 1 is 0.704 bits per heavy atom. The summed E-state index contributed by atoms with van der Waals surface area (Å²) in [6, 6.07) is 24.4. The third kappa shape index (κ3) is 2.91. The number of amides is 1. The Kier molecular flexibility index (Phi) is 4.30. The molecule has 132 valence electrons. The van der Waals surface area contributed by atoms with Gasteiger partial charge in [0.05, 0.1) is 7.11 Å². The molecule has 0 spiro atoms. The van der Waals surface area contributed by atoms with Gasteiger partial charge < -0.3 is 10.1 Å². The molecule has 1 N–H and O–H groups in total. The second-order valence-corrected chi connectivity index (χ2v) is 6.15. The van der Waals surface area contributed by atoms with Crippen molar-refractivity contribution in [2.24, 2.45) is 0 Å². The molecule has 0 aliphatic heterocycles. The van der Waals surface area contributed by atoms with Crippen LogP contribution in [0.2, 0.25) is 0 Å². The second-order valence-electron chi connectivity index (χ2n) is 6.15. The lowest BCUT2D eigenvalue weighted by Gasteiger charge is -2.13. The van der Waals surface area contributed by atoms with Crippen LogP contribution in [0.25, 0.3) is 16.7 Å². The zero-order chi connectivity index (χ0) is 18.8. The highest BCUT2D eigenvalue weighted by Gasteiger charge is 2.29. The normalized spacial score (nSPS) is 11.4. The lowest BCUT2D eigenvalue weighted by Crippen LogP contribution is -2.29. The minimum Gasteiger partial charge on any atom is -0.464 e. The topological polar surface area (TPSA) is 55.4 Å². The van der Waals surface area contributed by atoms with E-state index in [4.69, 9.17) is 4.74 Å². The van der Waals surface area contributed by atoms with Crippen LogP contribution in [0.1, 0.15) is 21.5 Å². The molecule has 4 heteroatoms. The van der Waals surface area contributed by atoms with E-state index in [-0.39, 0.29) is 11.6 Å². The summed E-state index contributed by atoms with van der Waals surface area (Å²) in [5.41, 5.74) is 5.14. The molecule has 0 radical (unpaired) electrons. The van der Waals surface area contributed by atoms with Gasteiger partial charge in [-0.25, -0.2) is 4.79 Å². The van der Waals surface area contributed by atoms with Gasteiger partial charge in [0.2, 0.25) is 0 Å². The summed E-state index contributed by atoms with van der Waals surface area (Å²) in [7, 11) is 1.31. The molecule has 0 fully saturated rings. The van der Waals surface area contributed by atoms with E-state index < -0.39 is 5.97 Å². The van der Waals surface area contributed by atoms with Crippen LogP contribution in [-0.2, 0) is 9.53 Å². The Bertz CT molecular complexity index is 1020. The van der Waals surface area contributed by atoms with E-state index in [0.717, 1.165) is 22.3 Å². The van der Waals surface area contributed by atoms with Gasteiger partial charge in [-0.3, -0.25) is 4.79 Å². The molecule has 1 aliphatic carbocycles. The van der Waals surface area contributed by atoms with Gasteiger partial charge in [0.15, 0.2) is 0 Å². The second kappa shape index (κ2) is 6.92. The van der Waals surface area contributed by atoms with E-state index in [1.165, 1.54) is 7.11 Å². The summed E-state index contributed by atoms with van der Waals surface area (Å²) in [5, 5.41) is 2.77. The number of hydrogen-bond acceptors (Lipinski definition) is 3. The summed E-state index contributed by atoms with van der Waals surface area (Å²) in [4.78, 5) is 25.3. The number of fused-ring (bicyclic) bond motifs is 3. The van der Waals surface area contributed by atoms with Gasteiger partial charge in [0.1, 0.15) is 5.70 Å². The molecule has 1 amide bonds. The van der Waals surface area contributed by atoms with Crippen LogP contribution in [0.5, 0.6) is 0 Å². The number of methoxy groups -OCH3 is 1. The van der Waals surface area contributed by atoms with E-state index in [2.05, 4.69) is 5.32 Å². The molecular formula is C23H17NO3. The first kappa shape index (κ1) is 16.8. The minimum atomic E-state index is -0.583. The number of esters is 1. The number of carbonyl (C=O) groups is 2. The maximum absolute atomic E-state index is 12.7. The highest BCUT2D eigenvalue weighted by Crippen LogP contribution is 2.45. The van der Waals surface area contributed by atoms with Crippen molar-refractivity contribution in [1.82, 2.24) is 5.32 Å². The molecule has 27 heavy (non-hydrogen) atoms. The van der Waals surface area contributed by atoms with E-state index >= 15 is 0 Å². The fourth-order valence-corrected chi connectivity index (χ4v) is 3.38. The Hall–Kier alpha value is -3.66. The van der Waals surface area contributed by atoms with Gasteiger partial charge in [-0.2, -0.15) is 0 Å². The van der Waals surface area contributed by atoms with Gasteiger partial charge in [-0.1, -0.05) is 66.7 Å². The fraction of sp³-hybridized carbons (Fsp3) is 0.0435. The van der Waals surface area contributed by atoms with Gasteiger partial charge in [0.25, 0.3) is 5.91 Å². The summed E-state index contributed by atoms with van der Waals surface area (Å²) < 4.78 is 4.98. The zero-order valence-electron chi connectivity index (χ0n) is 14.7. The van der Waals surface area contributed by atoms with Crippen molar-refractivity contribution in [3.8, 4) is 11.1 Å². The molecule has 3 aromatic rings. The maximum Gasteiger partial charge on any atom is 0.355 e. The van der Waals surface area contributed by atoms with Crippen LogP contribution < -0.4 is 5.32 Å². The Balaban J connectivity index is 1.90. The van der Waals surface area contributed by atoms with Crippen LogP contribution in [0.15, 0.2) is 84.6 Å². The lowest BCUT2D eigenvalue weighted by atomic mass is 10.0. The predicted molar refractivity (Wildman–Crippen MR) is 104 cm³/mol. The van der Waals surface area contributed by atoms with Crippen molar-refractivity contribution in [3.63, 3.8) is 0 Å². The van der Waals surface area contributed by atoms with Gasteiger partial charge in [0, 0.05) is 11.1 Å². The fourth-order valence-electron chi connectivity index (χ4n) is 3.38. The van der Waals surface area contributed by atoms with Gasteiger partial charge >= 0.3 is 5.97 Å². The average Bonchev–Trinajstić information content (AvgIpc) is 3.06. The van der Waals surface area contributed by atoms with Crippen LogP contribution in [0.4, 0.5) is 0 Å². The van der Waals surface area contributed by atoms with Gasteiger partial charge in [-0.05, 0) is 34.4 Å².